The number of nitrogens with zero attached hydrogens (tertiary/aromatic N) is 1. The van der Waals surface area contributed by atoms with Crippen LogP contribution in [0.5, 0.6) is 0 Å². The molecule has 3 heterocycles. The molecule has 7 rings (SSSR count). The van der Waals surface area contributed by atoms with Crippen LogP contribution < -0.4 is 5.32 Å². The van der Waals surface area contributed by atoms with Crippen molar-refractivity contribution in [3.05, 3.63) is 16.0 Å². The van der Waals surface area contributed by atoms with Crippen LogP contribution in [0.25, 0.3) is 0 Å². The SMILES string of the molecule is O=C(c1c(NC(=O)C23CC4CC(CC2C4)C3)sc2c1CCOC2)N1CC(O)C1. The number of amides is 2. The van der Waals surface area contributed by atoms with E-state index >= 15 is 0 Å². The molecule has 4 saturated carbocycles. The molecule has 2 atom stereocenters. The number of ether oxygens (including phenoxy) is 1. The lowest BCUT2D eigenvalue weighted by molar-refractivity contribution is -0.127. The molecule has 5 fully saturated rings. The van der Waals surface area contributed by atoms with E-state index in [1.807, 2.05) is 0 Å². The second-order valence-corrected chi connectivity index (χ2v) is 10.6. The van der Waals surface area contributed by atoms with Gasteiger partial charge in [0.15, 0.2) is 0 Å². The molecule has 4 aliphatic carbocycles. The summed E-state index contributed by atoms with van der Waals surface area (Å²) < 4.78 is 5.59. The van der Waals surface area contributed by atoms with Crippen molar-refractivity contribution in [2.45, 2.75) is 51.2 Å². The van der Waals surface area contributed by atoms with Gasteiger partial charge in [-0.15, -0.1) is 11.3 Å². The first-order valence-corrected chi connectivity index (χ1v) is 11.4. The number of fused-ring (bicyclic) bond motifs is 1. The first-order valence-electron chi connectivity index (χ1n) is 10.5. The lowest BCUT2D eigenvalue weighted by atomic mass is 9.75. The van der Waals surface area contributed by atoms with Crippen LogP contribution in [0.4, 0.5) is 5.00 Å². The van der Waals surface area contributed by atoms with Crippen LogP contribution in [0, 0.1) is 23.2 Å². The third-order valence-electron chi connectivity index (χ3n) is 7.85. The summed E-state index contributed by atoms with van der Waals surface area (Å²) in [6, 6.07) is 0. The number of aliphatic hydroxyl groups is 1. The predicted molar refractivity (Wildman–Crippen MR) is 104 cm³/mol. The summed E-state index contributed by atoms with van der Waals surface area (Å²) in [5.74, 6) is 2.04. The molecule has 150 valence electrons. The molecule has 2 N–H and O–H groups in total. The largest absolute Gasteiger partial charge is 0.389 e. The standard InChI is InChI=1S/C21H26N2O4S/c24-14-8-23(9-14)19(25)17-15-1-2-27-10-16(15)28-18(17)22-20(26)21-6-11-3-12(7-21)5-13(21)4-11/h11-14,24H,1-10H2,(H,22,26). The molecular weight excluding hydrogens is 376 g/mol. The van der Waals surface area contributed by atoms with Gasteiger partial charge in [-0.05, 0) is 61.8 Å². The van der Waals surface area contributed by atoms with Crippen molar-refractivity contribution in [3.8, 4) is 0 Å². The Kier molecular flexibility index (Phi) is 3.75. The number of hydrogen-bond acceptors (Lipinski definition) is 5. The number of carbonyl (C=O) groups is 2. The van der Waals surface area contributed by atoms with Crippen LogP contribution in [0.3, 0.4) is 0 Å². The Morgan fingerprint density at radius 1 is 1.18 bits per heavy atom. The summed E-state index contributed by atoms with van der Waals surface area (Å²) in [6.07, 6.45) is 6.04. The first-order chi connectivity index (χ1) is 13.5. The molecule has 2 aliphatic heterocycles. The van der Waals surface area contributed by atoms with Crippen LogP contribution in [0.1, 0.15) is 52.9 Å². The highest BCUT2D eigenvalue weighted by Crippen LogP contribution is 2.65. The van der Waals surface area contributed by atoms with Gasteiger partial charge in [0.25, 0.3) is 5.91 Å². The minimum absolute atomic E-state index is 0.0604. The third kappa shape index (κ3) is 2.39. The summed E-state index contributed by atoms with van der Waals surface area (Å²) >= 11 is 1.51. The zero-order chi connectivity index (χ0) is 19.0. The van der Waals surface area contributed by atoms with E-state index in [1.54, 1.807) is 4.90 Å². The lowest BCUT2D eigenvalue weighted by Crippen LogP contribution is -2.53. The van der Waals surface area contributed by atoms with Gasteiger partial charge >= 0.3 is 0 Å². The zero-order valence-electron chi connectivity index (χ0n) is 15.9. The number of hydrogen-bond donors (Lipinski definition) is 2. The van der Waals surface area contributed by atoms with E-state index < -0.39 is 6.10 Å². The molecule has 6 nitrogen and oxygen atoms in total. The molecule has 0 spiro atoms. The summed E-state index contributed by atoms with van der Waals surface area (Å²) in [6.45, 7) is 1.87. The van der Waals surface area contributed by atoms with E-state index in [0.717, 1.165) is 35.1 Å². The number of likely N-dealkylation sites (tertiary alicyclic amines) is 1. The van der Waals surface area contributed by atoms with Gasteiger partial charge in [0.05, 0.1) is 30.3 Å². The van der Waals surface area contributed by atoms with Gasteiger partial charge in [-0.2, -0.15) is 0 Å². The predicted octanol–water partition coefficient (Wildman–Crippen LogP) is 2.40. The maximum absolute atomic E-state index is 13.5. The van der Waals surface area contributed by atoms with Crippen LogP contribution in [-0.4, -0.2) is 47.6 Å². The van der Waals surface area contributed by atoms with Crippen molar-refractivity contribution >= 4 is 28.2 Å². The molecule has 6 aliphatic rings. The Labute approximate surface area is 168 Å². The molecule has 1 saturated heterocycles. The summed E-state index contributed by atoms with van der Waals surface area (Å²) in [4.78, 5) is 29.4. The van der Waals surface area contributed by atoms with Crippen molar-refractivity contribution < 1.29 is 19.4 Å². The van der Waals surface area contributed by atoms with Crippen LogP contribution in [-0.2, 0) is 22.6 Å². The average molecular weight is 403 g/mol. The van der Waals surface area contributed by atoms with Crippen LogP contribution in [0.15, 0.2) is 0 Å². The van der Waals surface area contributed by atoms with Crippen molar-refractivity contribution in [1.82, 2.24) is 4.90 Å². The number of carbonyl (C=O) groups excluding carboxylic acids is 2. The fourth-order valence-electron chi connectivity index (χ4n) is 6.72. The highest BCUT2D eigenvalue weighted by atomic mass is 32.1. The van der Waals surface area contributed by atoms with Crippen molar-refractivity contribution in [1.29, 1.82) is 0 Å². The maximum atomic E-state index is 13.5. The van der Waals surface area contributed by atoms with E-state index in [4.69, 9.17) is 4.74 Å². The molecule has 0 aromatic carbocycles. The first kappa shape index (κ1) is 17.4. The molecule has 2 unspecified atom stereocenters. The monoisotopic (exact) mass is 402 g/mol. The van der Waals surface area contributed by atoms with Gasteiger partial charge in [0, 0.05) is 18.0 Å². The molecule has 4 bridgehead atoms. The Bertz CT molecular complexity index is 845. The van der Waals surface area contributed by atoms with Gasteiger partial charge in [0.2, 0.25) is 5.91 Å². The summed E-state index contributed by atoms with van der Waals surface area (Å²) in [5, 5.41) is 13.5. The Morgan fingerprint density at radius 3 is 2.64 bits per heavy atom. The number of β-amino-alcohol motifs (C(OH)–C–C–N with tert-alkyl or cyclic N) is 1. The van der Waals surface area contributed by atoms with Gasteiger partial charge in [-0.1, -0.05) is 0 Å². The van der Waals surface area contributed by atoms with Gasteiger partial charge in [-0.25, -0.2) is 0 Å². The Balaban J connectivity index is 1.32. The number of anilines is 1. The Hall–Kier alpha value is -1.44. The summed E-state index contributed by atoms with van der Waals surface area (Å²) in [7, 11) is 0. The van der Waals surface area contributed by atoms with E-state index in [-0.39, 0.29) is 17.2 Å². The average Bonchev–Trinajstić information content (AvgIpc) is 3.22. The van der Waals surface area contributed by atoms with Crippen molar-refractivity contribution in [2.75, 3.05) is 25.0 Å². The smallest absolute Gasteiger partial charge is 0.257 e. The fourth-order valence-corrected chi connectivity index (χ4v) is 7.89. The number of rotatable bonds is 3. The molecule has 28 heavy (non-hydrogen) atoms. The second-order valence-electron chi connectivity index (χ2n) is 9.53. The minimum atomic E-state index is -0.428. The highest BCUT2D eigenvalue weighted by molar-refractivity contribution is 7.17. The topological polar surface area (TPSA) is 78.9 Å². The molecule has 0 radical (unpaired) electrons. The van der Waals surface area contributed by atoms with E-state index in [9.17, 15) is 14.7 Å². The number of thiophene rings is 1. The normalized spacial score (nSPS) is 35.8. The second kappa shape index (κ2) is 6.03. The van der Waals surface area contributed by atoms with Crippen LogP contribution in [0.2, 0.25) is 0 Å². The van der Waals surface area contributed by atoms with Crippen LogP contribution >= 0.6 is 11.3 Å². The molecule has 1 aromatic heterocycles. The van der Waals surface area contributed by atoms with Crippen molar-refractivity contribution in [3.63, 3.8) is 0 Å². The number of nitrogens with one attached hydrogen (secondary N) is 1. The Morgan fingerprint density at radius 2 is 1.93 bits per heavy atom. The van der Waals surface area contributed by atoms with Gasteiger partial charge < -0.3 is 20.1 Å². The fraction of sp³-hybridized carbons (Fsp3) is 0.714. The molecule has 7 heteroatoms. The summed E-state index contributed by atoms with van der Waals surface area (Å²) in [5.41, 5.74) is 1.48. The molecular formula is C21H26N2O4S. The minimum Gasteiger partial charge on any atom is -0.389 e. The van der Waals surface area contributed by atoms with Gasteiger partial charge in [-0.3, -0.25) is 9.59 Å². The van der Waals surface area contributed by atoms with Gasteiger partial charge in [0.1, 0.15) is 5.00 Å². The van der Waals surface area contributed by atoms with Crippen molar-refractivity contribution in [2.24, 2.45) is 23.2 Å². The quantitative estimate of drug-likeness (QED) is 0.814. The van der Waals surface area contributed by atoms with E-state index in [2.05, 4.69) is 5.32 Å². The third-order valence-corrected chi connectivity index (χ3v) is 8.97. The zero-order valence-corrected chi connectivity index (χ0v) is 16.7. The number of aliphatic hydroxyl groups excluding tert-OH is 1. The maximum Gasteiger partial charge on any atom is 0.257 e. The molecule has 1 aromatic rings. The molecule has 2 amide bonds. The highest BCUT2D eigenvalue weighted by Gasteiger charge is 2.61. The van der Waals surface area contributed by atoms with E-state index in [0.29, 0.717) is 49.2 Å². The van der Waals surface area contributed by atoms with E-state index in [1.165, 1.54) is 30.6 Å². The lowest BCUT2D eigenvalue weighted by Gasteiger charge is -2.36.